The molecule has 0 amide bonds. The van der Waals surface area contributed by atoms with E-state index < -0.39 is 5.97 Å². The number of carboxylic acids is 1. The van der Waals surface area contributed by atoms with E-state index in [0.717, 1.165) is 12.0 Å². The summed E-state index contributed by atoms with van der Waals surface area (Å²) in [5.74, 6) is -0.729. The number of carboxylic acid groups (broad SMARTS) is 1. The second kappa shape index (κ2) is 5.69. The molecule has 5 heteroatoms. The third-order valence-corrected chi connectivity index (χ3v) is 4.46. The highest BCUT2D eigenvalue weighted by atomic mass is 32.1. The molecule has 0 fully saturated rings. The Hall–Kier alpha value is -2.14. The van der Waals surface area contributed by atoms with E-state index >= 15 is 0 Å². The van der Waals surface area contributed by atoms with Crippen molar-refractivity contribution in [3.63, 3.8) is 0 Å². The third kappa shape index (κ3) is 2.97. The first kappa shape index (κ1) is 13.8. The maximum Gasteiger partial charge on any atom is 0.311 e. The number of carbonyl (C=O) groups is 2. The summed E-state index contributed by atoms with van der Waals surface area (Å²) >= 11 is 1.66. The first-order valence-corrected chi connectivity index (χ1v) is 7.58. The summed E-state index contributed by atoms with van der Waals surface area (Å²) in [6.45, 7) is 0. The fraction of sp³-hybridized carbons (Fsp3) is 0.250. The lowest BCUT2D eigenvalue weighted by atomic mass is 9.87. The van der Waals surface area contributed by atoms with Crippen molar-refractivity contribution in [2.24, 2.45) is 0 Å². The lowest BCUT2D eigenvalue weighted by Gasteiger charge is -2.25. The Bertz CT molecular complexity index is 676. The van der Waals surface area contributed by atoms with E-state index in [2.05, 4.69) is 0 Å². The van der Waals surface area contributed by atoms with E-state index in [0.29, 0.717) is 17.7 Å². The first-order chi connectivity index (χ1) is 10.1. The molecule has 1 atom stereocenters. The van der Waals surface area contributed by atoms with E-state index in [1.54, 1.807) is 17.4 Å². The van der Waals surface area contributed by atoms with Gasteiger partial charge < -0.3 is 9.84 Å². The van der Waals surface area contributed by atoms with Crippen LogP contribution in [0.5, 0.6) is 5.75 Å². The molecule has 1 aliphatic rings. The number of thiophene rings is 1. The Kier molecular flexibility index (Phi) is 3.75. The fourth-order valence-corrected chi connectivity index (χ4v) is 3.46. The predicted molar refractivity (Wildman–Crippen MR) is 78.8 cm³/mol. The lowest BCUT2D eigenvalue weighted by Crippen LogP contribution is -2.23. The van der Waals surface area contributed by atoms with Crippen LogP contribution in [0.15, 0.2) is 35.7 Å². The second-order valence-corrected chi connectivity index (χ2v) is 6.10. The smallest absolute Gasteiger partial charge is 0.311 e. The van der Waals surface area contributed by atoms with Crippen LogP contribution in [0.3, 0.4) is 0 Å². The van der Waals surface area contributed by atoms with Gasteiger partial charge in [-0.25, -0.2) is 0 Å². The molecule has 3 rings (SSSR count). The van der Waals surface area contributed by atoms with Crippen molar-refractivity contribution < 1.29 is 19.4 Å². The summed E-state index contributed by atoms with van der Waals surface area (Å²) in [5, 5.41) is 11.0. The van der Waals surface area contributed by atoms with Crippen LogP contribution in [-0.2, 0) is 22.4 Å². The molecular formula is C16H14O4S. The molecule has 4 nitrogen and oxygen atoms in total. The minimum Gasteiger partial charge on any atom is -0.481 e. The van der Waals surface area contributed by atoms with Gasteiger partial charge in [0.25, 0.3) is 0 Å². The second-order valence-electron chi connectivity index (χ2n) is 5.06. The number of rotatable bonds is 4. The normalized spacial score (nSPS) is 17.1. The zero-order chi connectivity index (χ0) is 14.8. The minimum absolute atomic E-state index is 0.0497. The molecule has 0 saturated carbocycles. The number of esters is 1. The molecule has 0 saturated heterocycles. The summed E-state index contributed by atoms with van der Waals surface area (Å²) in [6.07, 6.45) is 0.972. The SMILES string of the molecule is O=C(O)Cc1cccc2c1OC(=O)CC2Cc1cccs1. The zero-order valence-electron chi connectivity index (χ0n) is 11.2. The van der Waals surface area contributed by atoms with Gasteiger partial charge in [-0.05, 0) is 23.4 Å². The molecule has 2 heterocycles. The lowest BCUT2D eigenvalue weighted by molar-refractivity contribution is -0.138. The molecule has 1 aliphatic heterocycles. The maximum absolute atomic E-state index is 11.8. The molecule has 2 aromatic rings. The van der Waals surface area contributed by atoms with Crippen LogP contribution in [0.1, 0.15) is 28.3 Å². The largest absolute Gasteiger partial charge is 0.481 e. The number of hydrogen-bond acceptors (Lipinski definition) is 4. The Balaban J connectivity index is 1.96. The summed E-state index contributed by atoms with van der Waals surface area (Å²) in [5.41, 5.74) is 1.49. The van der Waals surface area contributed by atoms with Gasteiger partial charge in [-0.3, -0.25) is 9.59 Å². The van der Waals surface area contributed by atoms with Crippen molar-refractivity contribution >= 4 is 23.3 Å². The Morgan fingerprint density at radius 1 is 1.33 bits per heavy atom. The van der Waals surface area contributed by atoms with Crippen LogP contribution >= 0.6 is 11.3 Å². The van der Waals surface area contributed by atoms with Crippen molar-refractivity contribution in [3.05, 3.63) is 51.7 Å². The van der Waals surface area contributed by atoms with Gasteiger partial charge in [0.1, 0.15) is 5.75 Å². The van der Waals surface area contributed by atoms with E-state index in [-0.39, 0.29) is 18.3 Å². The predicted octanol–water partition coefficient (Wildman–Crippen LogP) is 3.01. The van der Waals surface area contributed by atoms with Gasteiger partial charge >= 0.3 is 11.9 Å². The number of carbonyl (C=O) groups excluding carboxylic acids is 1. The van der Waals surface area contributed by atoms with Gasteiger partial charge in [0, 0.05) is 16.4 Å². The van der Waals surface area contributed by atoms with Crippen molar-refractivity contribution in [3.8, 4) is 5.75 Å². The van der Waals surface area contributed by atoms with Gasteiger partial charge in [0.15, 0.2) is 0 Å². The van der Waals surface area contributed by atoms with E-state index in [4.69, 9.17) is 9.84 Å². The molecular weight excluding hydrogens is 288 g/mol. The van der Waals surface area contributed by atoms with Crippen molar-refractivity contribution in [1.29, 1.82) is 0 Å². The minimum atomic E-state index is -0.931. The summed E-state index contributed by atoms with van der Waals surface area (Å²) in [7, 11) is 0. The van der Waals surface area contributed by atoms with Crippen LogP contribution in [0.4, 0.5) is 0 Å². The number of para-hydroxylation sites is 1. The number of aliphatic carboxylic acids is 1. The van der Waals surface area contributed by atoms with Gasteiger partial charge in [-0.1, -0.05) is 24.3 Å². The molecule has 0 radical (unpaired) electrons. The summed E-state index contributed by atoms with van der Waals surface area (Å²) < 4.78 is 5.31. The van der Waals surface area contributed by atoms with Gasteiger partial charge in [-0.2, -0.15) is 0 Å². The van der Waals surface area contributed by atoms with Gasteiger partial charge in [0.05, 0.1) is 12.8 Å². The van der Waals surface area contributed by atoms with Crippen LogP contribution in [0.2, 0.25) is 0 Å². The molecule has 1 unspecified atom stereocenters. The Labute approximate surface area is 126 Å². The molecule has 21 heavy (non-hydrogen) atoms. The van der Waals surface area contributed by atoms with Crippen LogP contribution < -0.4 is 4.74 Å². The molecule has 108 valence electrons. The molecule has 0 aliphatic carbocycles. The number of fused-ring (bicyclic) bond motifs is 1. The van der Waals surface area contributed by atoms with Crippen LogP contribution in [0.25, 0.3) is 0 Å². The van der Waals surface area contributed by atoms with Crippen molar-refractivity contribution in [1.82, 2.24) is 0 Å². The fourth-order valence-electron chi connectivity index (χ4n) is 2.67. The van der Waals surface area contributed by atoms with E-state index in [1.165, 1.54) is 4.88 Å². The average molecular weight is 302 g/mol. The van der Waals surface area contributed by atoms with Crippen LogP contribution in [0, 0.1) is 0 Å². The Morgan fingerprint density at radius 3 is 2.90 bits per heavy atom. The quantitative estimate of drug-likeness (QED) is 0.696. The first-order valence-electron chi connectivity index (χ1n) is 6.70. The number of hydrogen-bond donors (Lipinski definition) is 1. The van der Waals surface area contributed by atoms with E-state index in [1.807, 2.05) is 29.6 Å². The molecule has 1 aromatic carbocycles. The third-order valence-electron chi connectivity index (χ3n) is 3.57. The highest BCUT2D eigenvalue weighted by molar-refractivity contribution is 7.09. The van der Waals surface area contributed by atoms with E-state index in [9.17, 15) is 9.59 Å². The summed E-state index contributed by atoms with van der Waals surface area (Å²) in [4.78, 5) is 24.0. The monoisotopic (exact) mass is 302 g/mol. The van der Waals surface area contributed by atoms with Crippen molar-refractivity contribution in [2.45, 2.75) is 25.2 Å². The van der Waals surface area contributed by atoms with Gasteiger partial charge in [0.2, 0.25) is 0 Å². The number of benzene rings is 1. The maximum atomic E-state index is 11.8. The highest BCUT2D eigenvalue weighted by Crippen LogP contribution is 2.39. The van der Waals surface area contributed by atoms with Crippen molar-refractivity contribution in [2.75, 3.05) is 0 Å². The molecule has 0 bridgehead atoms. The Morgan fingerprint density at radius 2 is 2.19 bits per heavy atom. The number of ether oxygens (including phenoxy) is 1. The highest BCUT2D eigenvalue weighted by Gasteiger charge is 2.29. The standard InChI is InChI=1S/C16H14O4S/c17-14(18)8-10-3-1-5-13-11(7-12-4-2-6-21-12)9-15(19)20-16(10)13/h1-6,11H,7-9H2,(H,17,18). The topological polar surface area (TPSA) is 63.6 Å². The van der Waals surface area contributed by atoms with Crippen LogP contribution in [-0.4, -0.2) is 17.0 Å². The average Bonchev–Trinajstić information content (AvgIpc) is 2.92. The summed E-state index contributed by atoms with van der Waals surface area (Å²) in [6, 6.07) is 9.49. The molecule has 1 N–H and O–H groups in total. The van der Waals surface area contributed by atoms with Gasteiger partial charge in [-0.15, -0.1) is 11.3 Å². The molecule has 1 aromatic heterocycles. The molecule has 0 spiro atoms. The zero-order valence-corrected chi connectivity index (χ0v) is 12.1.